The number of hydrogen-bond donors (Lipinski definition) is 2. The van der Waals surface area contributed by atoms with Gasteiger partial charge in [0.1, 0.15) is 12.2 Å². The molecule has 1 rings (SSSR count). The number of cyclic esters (lactones) is 1. The van der Waals surface area contributed by atoms with Gasteiger partial charge in [-0.15, -0.1) is 0 Å². The molecule has 1 aliphatic rings. The smallest absolute Gasteiger partial charge is 0.309 e. The molecule has 0 fully saturated rings. The Morgan fingerprint density at radius 3 is 2.58 bits per heavy atom. The number of esters is 2. The van der Waals surface area contributed by atoms with E-state index < -0.39 is 30.4 Å². The predicted molar refractivity (Wildman–Crippen MR) is 121 cm³/mol. The van der Waals surface area contributed by atoms with Crippen LogP contribution in [0.4, 0.5) is 0 Å². The third-order valence-corrected chi connectivity index (χ3v) is 5.81. The summed E-state index contributed by atoms with van der Waals surface area (Å²) in [6.07, 6.45) is 9.02. The Hall–Kier alpha value is -1.92. The van der Waals surface area contributed by atoms with Crippen LogP contribution in [0.5, 0.6) is 0 Å². The van der Waals surface area contributed by atoms with Gasteiger partial charge in [0.25, 0.3) is 0 Å². The van der Waals surface area contributed by atoms with E-state index in [0.29, 0.717) is 19.3 Å². The van der Waals surface area contributed by atoms with Crippen molar-refractivity contribution < 1.29 is 29.3 Å². The van der Waals surface area contributed by atoms with Gasteiger partial charge in [0.05, 0.1) is 18.6 Å². The maximum atomic E-state index is 12.4. The van der Waals surface area contributed by atoms with Gasteiger partial charge in [-0.25, -0.2) is 0 Å². The highest BCUT2D eigenvalue weighted by molar-refractivity contribution is 5.70. The third kappa shape index (κ3) is 9.83. The van der Waals surface area contributed by atoms with E-state index in [1.54, 1.807) is 0 Å². The normalized spacial score (nSPS) is 30.8. The molecular formula is C25H40O6. The minimum atomic E-state index is -0.798. The molecule has 7 unspecified atom stereocenters. The molecule has 0 bridgehead atoms. The lowest BCUT2D eigenvalue weighted by atomic mass is 9.92. The summed E-state index contributed by atoms with van der Waals surface area (Å²) in [6.45, 7) is 11.1. The Labute approximate surface area is 187 Å². The summed E-state index contributed by atoms with van der Waals surface area (Å²) in [5, 5.41) is 20.2. The average molecular weight is 437 g/mol. The fraction of sp³-hybridized carbons (Fsp3) is 0.680. The summed E-state index contributed by atoms with van der Waals surface area (Å²) >= 11 is 0. The number of allylic oxidation sites excluding steroid dienone is 2. The van der Waals surface area contributed by atoms with E-state index in [1.807, 2.05) is 65.0 Å². The first-order valence-electron chi connectivity index (χ1n) is 11.3. The summed E-state index contributed by atoms with van der Waals surface area (Å²) in [5.41, 5.74) is 0.851. The SMILES string of the molecule is CCC(O)C(C)C=CC=C(C)C1OC(=O)CC(O)CCC(C)C(OC(C)=O)C=CC1C. The molecule has 6 nitrogen and oxygen atoms in total. The monoisotopic (exact) mass is 436 g/mol. The quantitative estimate of drug-likeness (QED) is 0.370. The molecule has 0 aromatic carbocycles. The van der Waals surface area contributed by atoms with Gasteiger partial charge in [-0.05, 0) is 43.8 Å². The number of ether oxygens (including phenoxy) is 2. The van der Waals surface area contributed by atoms with Crippen LogP contribution in [-0.4, -0.2) is 46.6 Å². The van der Waals surface area contributed by atoms with Crippen LogP contribution in [0.2, 0.25) is 0 Å². The van der Waals surface area contributed by atoms with Crippen LogP contribution >= 0.6 is 0 Å². The highest BCUT2D eigenvalue weighted by Gasteiger charge is 2.26. The van der Waals surface area contributed by atoms with E-state index in [1.165, 1.54) is 6.92 Å². The number of aliphatic hydroxyl groups is 2. The Kier molecular flexibility index (Phi) is 11.8. The summed E-state index contributed by atoms with van der Waals surface area (Å²) < 4.78 is 11.2. The van der Waals surface area contributed by atoms with Gasteiger partial charge < -0.3 is 19.7 Å². The van der Waals surface area contributed by atoms with Crippen LogP contribution in [0.15, 0.2) is 36.0 Å². The zero-order valence-corrected chi connectivity index (χ0v) is 19.8. The standard InChI is InChI=1S/C25H40O6/c1-7-22(28)16(2)9-8-10-18(4)25-19(5)12-14-23(30-20(6)26)17(3)11-13-21(27)15-24(29)31-25/h8-10,12,14,16-17,19,21-23,25,27-28H,7,11,13,15H2,1-6H3. The number of rotatable bonds is 6. The lowest BCUT2D eigenvalue weighted by molar-refractivity contribution is -0.151. The van der Waals surface area contributed by atoms with Crippen molar-refractivity contribution in [3.63, 3.8) is 0 Å². The zero-order valence-electron chi connectivity index (χ0n) is 19.8. The molecule has 0 saturated heterocycles. The summed E-state index contributed by atoms with van der Waals surface area (Å²) in [5.74, 6) is -0.911. The molecule has 1 aliphatic heterocycles. The Morgan fingerprint density at radius 2 is 1.97 bits per heavy atom. The lowest BCUT2D eigenvalue weighted by Crippen LogP contribution is -2.30. The van der Waals surface area contributed by atoms with E-state index in [0.717, 1.165) is 5.57 Å². The minimum Gasteiger partial charge on any atom is -0.458 e. The lowest BCUT2D eigenvalue weighted by Gasteiger charge is -2.27. The van der Waals surface area contributed by atoms with Crippen LogP contribution in [0.1, 0.15) is 67.2 Å². The topological polar surface area (TPSA) is 93.1 Å². The van der Waals surface area contributed by atoms with Gasteiger partial charge in [-0.1, -0.05) is 52.0 Å². The molecule has 0 aliphatic carbocycles. The summed E-state index contributed by atoms with van der Waals surface area (Å²) in [6, 6.07) is 0. The van der Waals surface area contributed by atoms with E-state index >= 15 is 0 Å². The van der Waals surface area contributed by atoms with Crippen molar-refractivity contribution >= 4 is 11.9 Å². The second kappa shape index (κ2) is 13.5. The number of hydrogen-bond acceptors (Lipinski definition) is 6. The second-order valence-corrected chi connectivity index (χ2v) is 8.77. The zero-order chi connectivity index (χ0) is 23.6. The molecule has 0 radical (unpaired) electrons. The van der Waals surface area contributed by atoms with E-state index in [4.69, 9.17) is 9.47 Å². The van der Waals surface area contributed by atoms with Crippen molar-refractivity contribution in [1.82, 2.24) is 0 Å². The largest absolute Gasteiger partial charge is 0.458 e. The van der Waals surface area contributed by atoms with Crippen LogP contribution in [0.25, 0.3) is 0 Å². The van der Waals surface area contributed by atoms with Crippen molar-refractivity contribution in [2.45, 2.75) is 91.6 Å². The molecule has 31 heavy (non-hydrogen) atoms. The number of carbonyl (C=O) groups excluding carboxylic acids is 2. The minimum absolute atomic E-state index is 0.0157. The molecule has 1 heterocycles. The van der Waals surface area contributed by atoms with Gasteiger partial charge in [0.2, 0.25) is 0 Å². The van der Waals surface area contributed by atoms with Crippen molar-refractivity contribution in [3.8, 4) is 0 Å². The van der Waals surface area contributed by atoms with Gasteiger partial charge in [0.15, 0.2) is 0 Å². The van der Waals surface area contributed by atoms with Crippen molar-refractivity contribution in [1.29, 1.82) is 0 Å². The molecule has 6 heteroatoms. The van der Waals surface area contributed by atoms with Gasteiger partial charge >= 0.3 is 11.9 Å². The second-order valence-electron chi connectivity index (χ2n) is 8.77. The first kappa shape index (κ1) is 27.1. The van der Waals surface area contributed by atoms with Crippen LogP contribution in [-0.2, 0) is 19.1 Å². The molecule has 0 aromatic heterocycles. The number of carbonyl (C=O) groups is 2. The Bertz CT molecular complexity index is 665. The van der Waals surface area contributed by atoms with Crippen molar-refractivity contribution in [2.75, 3.05) is 0 Å². The fourth-order valence-corrected chi connectivity index (χ4v) is 3.62. The molecule has 7 atom stereocenters. The average Bonchev–Trinajstić information content (AvgIpc) is 2.71. The first-order chi connectivity index (χ1) is 14.5. The highest BCUT2D eigenvalue weighted by atomic mass is 16.5. The van der Waals surface area contributed by atoms with Gasteiger partial charge in [0, 0.05) is 18.8 Å². The summed E-state index contributed by atoms with van der Waals surface area (Å²) in [7, 11) is 0. The molecule has 0 amide bonds. The van der Waals surface area contributed by atoms with Crippen LogP contribution in [0, 0.1) is 17.8 Å². The molecule has 0 saturated carbocycles. The van der Waals surface area contributed by atoms with E-state index in [-0.39, 0.29) is 30.1 Å². The fourth-order valence-electron chi connectivity index (χ4n) is 3.62. The predicted octanol–water partition coefficient (Wildman–Crippen LogP) is 4.11. The van der Waals surface area contributed by atoms with Crippen molar-refractivity contribution in [3.05, 3.63) is 36.0 Å². The molecule has 176 valence electrons. The third-order valence-electron chi connectivity index (χ3n) is 5.81. The maximum Gasteiger partial charge on any atom is 0.309 e. The summed E-state index contributed by atoms with van der Waals surface area (Å²) in [4.78, 5) is 23.9. The van der Waals surface area contributed by atoms with Crippen molar-refractivity contribution in [2.24, 2.45) is 17.8 Å². The van der Waals surface area contributed by atoms with E-state index in [2.05, 4.69) is 0 Å². The Morgan fingerprint density at radius 1 is 1.29 bits per heavy atom. The first-order valence-corrected chi connectivity index (χ1v) is 11.3. The van der Waals surface area contributed by atoms with Crippen LogP contribution in [0.3, 0.4) is 0 Å². The maximum absolute atomic E-state index is 12.4. The molecule has 2 N–H and O–H groups in total. The molecule has 0 aromatic rings. The number of aliphatic hydroxyl groups excluding tert-OH is 2. The molecule has 0 spiro atoms. The van der Waals surface area contributed by atoms with E-state index in [9.17, 15) is 19.8 Å². The van der Waals surface area contributed by atoms with Gasteiger partial charge in [-0.3, -0.25) is 9.59 Å². The highest BCUT2D eigenvalue weighted by Crippen LogP contribution is 2.24. The van der Waals surface area contributed by atoms with Crippen LogP contribution < -0.4 is 0 Å². The Balaban J connectivity index is 3.12. The van der Waals surface area contributed by atoms with Gasteiger partial charge in [-0.2, -0.15) is 0 Å². The molecular weight excluding hydrogens is 396 g/mol.